The summed E-state index contributed by atoms with van der Waals surface area (Å²) in [5.41, 5.74) is 0. The van der Waals surface area contributed by atoms with E-state index in [1.165, 1.54) is 64.3 Å². The zero-order chi connectivity index (χ0) is 13.1. The van der Waals surface area contributed by atoms with Crippen molar-refractivity contribution >= 4 is 12.6 Å². The molecule has 0 radical (unpaired) electrons. The van der Waals surface area contributed by atoms with Crippen LogP contribution in [0.1, 0.15) is 57.8 Å². The van der Waals surface area contributed by atoms with E-state index < -0.39 is 0 Å². The molecule has 2 nitrogen and oxygen atoms in total. The first-order valence-corrected chi connectivity index (χ1v) is 8.35. The van der Waals surface area contributed by atoms with E-state index in [0.29, 0.717) is 0 Å². The van der Waals surface area contributed by atoms with Gasteiger partial charge in [-0.15, -0.1) is 0 Å². The maximum atomic E-state index is 5.18. The van der Waals surface area contributed by atoms with Gasteiger partial charge in [-0.05, 0) is 38.0 Å². The summed E-state index contributed by atoms with van der Waals surface area (Å²) in [5, 5.41) is 0. The van der Waals surface area contributed by atoms with E-state index >= 15 is 0 Å². The lowest BCUT2D eigenvalue weighted by Crippen LogP contribution is -2.30. The number of hydrogen-bond acceptors (Lipinski definition) is 3. The highest BCUT2D eigenvalue weighted by atomic mass is 32.1. The van der Waals surface area contributed by atoms with Crippen molar-refractivity contribution in [3.63, 3.8) is 0 Å². The summed E-state index contributed by atoms with van der Waals surface area (Å²) in [4.78, 5) is 2.63. The Hall–Kier alpha value is 0.270. The molecule has 0 N–H and O–H groups in total. The lowest BCUT2D eigenvalue weighted by Gasteiger charge is -2.21. The third kappa shape index (κ3) is 8.39. The first kappa shape index (κ1) is 16.3. The topological polar surface area (TPSA) is 12.5 Å². The molecule has 0 saturated heterocycles. The fourth-order valence-corrected chi connectivity index (χ4v) is 2.66. The molecule has 0 amide bonds. The van der Waals surface area contributed by atoms with Crippen LogP contribution in [-0.2, 0) is 4.74 Å². The van der Waals surface area contributed by atoms with Crippen LogP contribution in [0, 0.1) is 0 Å². The highest BCUT2D eigenvalue weighted by molar-refractivity contribution is 7.80. The molecule has 0 heterocycles. The molecule has 108 valence electrons. The third-order valence-electron chi connectivity index (χ3n) is 3.75. The first-order valence-electron chi connectivity index (χ1n) is 7.72. The Kier molecular flexibility index (Phi) is 10.1. The van der Waals surface area contributed by atoms with E-state index in [4.69, 9.17) is 4.74 Å². The van der Waals surface area contributed by atoms with Crippen molar-refractivity contribution in [2.75, 3.05) is 32.6 Å². The summed E-state index contributed by atoms with van der Waals surface area (Å²) >= 11 is 4.24. The molecule has 0 spiro atoms. The van der Waals surface area contributed by atoms with Gasteiger partial charge in [0.05, 0.1) is 6.61 Å². The van der Waals surface area contributed by atoms with Crippen LogP contribution >= 0.6 is 12.6 Å². The van der Waals surface area contributed by atoms with Gasteiger partial charge in [-0.25, -0.2) is 0 Å². The molecule has 1 rings (SSSR count). The van der Waals surface area contributed by atoms with Crippen LogP contribution in [0.25, 0.3) is 0 Å². The Bertz CT molecular complexity index is 185. The van der Waals surface area contributed by atoms with Gasteiger partial charge < -0.3 is 4.74 Å². The fraction of sp³-hybridized carbons (Fsp3) is 1.00. The zero-order valence-electron chi connectivity index (χ0n) is 12.1. The molecule has 3 heteroatoms. The van der Waals surface area contributed by atoms with Crippen molar-refractivity contribution in [2.45, 2.75) is 63.8 Å². The van der Waals surface area contributed by atoms with Gasteiger partial charge in [-0.1, -0.05) is 32.1 Å². The largest absolute Gasteiger partial charge is 0.383 e. The molecule has 1 saturated carbocycles. The number of hydrogen-bond donors (Lipinski definition) is 1. The van der Waals surface area contributed by atoms with E-state index in [1.807, 2.05) is 0 Å². The molecule has 0 atom stereocenters. The number of unbranched alkanes of at least 4 members (excludes halogenated alkanes) is 6. The molecular formula is C15H31NOS. The maximum Gasteiger partial charge on any atom is 0.0589 e. The van der Waals surface area contributed by atoms with E-state index in [0.717, 1.165) is 24.9 Å². The monoisotopic (exact) mass is 273 g/mol. The number of methoxy groups -OCH3 is 1. The molecule has 0 aromatic carbocycles. The highest BCUT2D eigenvalue weighted by Gasteiger charge is 2.27. The molecule has 0 aliphatic heterocycles. The van der Waals surface area contributed by atoms with Gasteiger partial charge >= 0.3 is 0 Å². The van der Waals surface area contributed by atoms with Crippen LogP contribution in [0.5, 0.6) is 0 Å². The molecule has 0 aromatic heterocycles. The van der Waals surface area contributed by atoms with Crippen LogP contribution in [-0.4, -0.2) is 43.5 Å². The molecule has 1 aliphatic carbocycles. The van der Waals surface area contributed by atoms with Gasteiger partial charge in [0.15, 0.2) is 0 Å². The highest BCUT2D eigenvalue weighted by Crippen LogP contribution is 2.26. The molecule has 0 unspecified atom stereocenters. The zero-order valence-corrected chi connectivity index (χ0v) is 13.0. The predicted molar refractivity (Wildman–Crippen MR) is 82.6 cm³/mol. The van der Waals surface area contributed by atoms with E-state index in [2.05, 4.69) is 17.5 Å². The normalized spacial score (nSPS) is 15.5. The number of rotatable bonds is 13. The second kappa shape index (κ2) is 11.1. The minimum Gasteiger partial charge on any atom is -0.383 e. The Morgan fingerprint density at radius 3 is 2.11 bits per heavy atom. The lowest BCUT2D eigenvalue weighted by atomic mass is 10.1. The summed E-state index contributed by atoms with van der Waals surface area (Å²) in [6.07, 6.45) is 12.5. The van der Waals surface area contributed by atoms with Gasteiger partial charge in [0, 0.05) is 19.7 Å². The summed E-state index contributed by atoms with van der Waals surface area (Å²) in [5.74, 6) is 1.05. The summed E-state index contributed by atoms with van der Waals surface area (Å²) in [6, 6.07) is 0.885. The molecule has 18 heavy (non-hydrogen) atoms. The van der Waals surface area contributed by atoms with Crippen LogP contribution in [0.4, 0.5) is 0 Å². The number of nitrogens with zero attached hydrogens (tertiary/aromatic N) is 1. The minimum absolute atomic E-state index is 0.885. The lowest BCUT2D eigenvalue weighted by molar-refractivity contribution is 0.142. The average Bonchev–Trinajstić information content (AvgIpc) is 3.20. The molecule has 0 aromatic rings. The standard InChI is InChI=1S/C15H31NOS/c1-17-13-12-16(15-9-10-15)11-7-5-3-2-4-6-8-14-18/h15,18H,2-14H2,1H3. The van der Waals surface area contributed by atoms with Gasteiger partial charge in [0.1, 0.15) is 0 Å². The van der Waals surface area contributed by atoms with Gasteiger partial charge in [0.2, 0.25) is 0 Å². The quantitative estimate of drug-likeness (QED) is 0.405. The Morgan fingerprint density at radius 1 is 0.944 bits per heavy atom. The maximum absolute atomic E-state index is 5.18. The van der Waals surface area contributed by atoms with Crippen LogP contribution in [0.3, 0.4) is 0 Å². The van der Waals surface area contributed by atoms with Crippen LogP contribution in [0.15, 0.2) is 0 Å². The molecular weight excluding hydrogens is 242 g/mol. The van der Waals surface area contributed by atoms with E-state index in [1.54, 1.807) is 7.11 Å². The Labute approximate surface area is 119 Å². The van der Waals surface area contributed by atoms with Gasteiger partial charge in [0.25, 0.3) is 0 Å². The van der Waals surface area contributed by atoms with Gasteiger partial charge in [-0.3, -0.25) is 4.90 Å². The Balaban J connectivity index is 1.88. The first-order chi connectivity index (χ1) is 8.88. The minimum atomic E-state index is 0.885. The summed E-state index contributed by atoms with van der Waals surface area (Å²) in [7, 11) is 1.80. The van der Waals surface area contributed by atoms with Crippen molar-refractivity contribution in [2.24, 2.45) is 0 Å². The second-order valence-electron chi connectivity index (χ2n) is 5.46. The fourth-order valence-electron chi connectivity index (χ4n) is 2.44. The van der Waals surface area contributed by atoms with E-state index in [-0.39, 0.29) is 0 Å². The Morgan fingerprint density at radius 2 is 1.56 bits per heavy atom. The van der Waals surface area contributed by atoms with Crippen molar-refractivity contribution in [1.29, 1.82) is 0 Å². The molecule has 0 bridgehead atoms. The molecule has 1 fully saturated rings. The average molecular weight is 273 g/mol. The second-order valence-corrected chi connectivity index (χ2v) is 5.91. The van der Waals surface area contributed by atoms with Crippen LogP contribution in [0.2, 0.25) is 0 Å². The van der Waals surface area contributed by atoms with Crippen molar-refractivity contribution in [3.8, 4) is 0 Å². The van der Waals surface area contributed by atoms with Crippen molar-refractivity contribution < 1.29 is 4.74 Å². The number of thiol groups is 1. The number of ether oxygens (including phenoxy) is 1. The summed E-state index contributed by atoms with van der Waals surface area (Å²) in [6.45, 7) is 3.30. The predicted octanol–water partition coefficient (Wildman–Crippen LogP) is 3.76. The van der Waals surface area contributed by atoms with Gasteiger partial charge in [-0.2, -0.15) is 12.6 Å². The smallest absolute Gasteiger partial charge is 0.0589 e. The van der Waals surface area contributed by atoms with Crippen molar-refractivity contribution in [1.82, 2.24) is 4.90 Å². The molecule has 1 aliphatic rings. The summed E-state index contributed by atoms with van der Waals surface area (Å²) < 4.78 is 5.18. The van der Waals surface area contributed by atoms with Crippen LogP contribution < -0.4 is 0 Å². The third-order valence-corrected chi connectivity index (χ3v) is 4.07. The van der Waals surface area contributed by atoms with Crippen molar-refractivity contribution in [3.05, 3.63) is 0 Å². The van der Waals surface area contributed by atoms with E-state index in [9.17, 15) is 0 Å². The SMILES string of the molecule is COCCN(CCCCCCCCCS)C1CC1.